The summed E-state index contributed by atoms with van der Waals surface area (Å²) < 4.78 is 5.47. The Morgan fingerprint density at radius 1 is 1.35 bits per heavy atom. The summed E-state index contributed by atoms with van der Waals surface area (Å²) in [6, 6.07) is 8.87. The molecule has 1 amide bonds. The van der Waals surface area contributed by atoms with Crippen LogP contribution in [-0.4, -0.2) is 42.3 Å². The lowest BCUT2D eigenvalue weighted by Gasteiger charge is -2.34. The molecule has 1 saturated heterocycles. The lowest BCUT2D eigenvalue weighted by atomic mass is 10.0. The first-order valence-corrected chi connectivity index (χ1v) is 8.61. The summed E-state index contributed by atoms with van der Waals surface area (Å²) in [6.45, 7) is 10.4. The molecule has 1 aliphatic rings. The number of hydrogen-bond acceptors (Lipinski definition) is 3. The zero-order chi connectivity index (χ0) is 16.9. The molecule has 0 aliphatic carbocycles. The van der Waals surface area contributed by atoms with Gasteiger partial charge < -0.3 is 15.0 Å². The largest absolute Gasteiger partial charge is 0.444 e. The van der Waals surface area contributed by atoms with Crippen molar-refractivity contribution in [3.63, 3.8) is 0 Å². The lowest BCUT2D eigenvalue weighted by Crippen LogP contribution is -2.49. The predicted molar refractivity (Wildman–Crippen MR) is 93.7 cm³/mol. The summed E-state index contributed by atoms with van der Waals surface area (Å²) in [5.41, 5.74) is 2.30. The number of nitrogens with one attached hydrogen (secondary N) is 1. The Kier molecular flexibility index (Phi) is 6.05. The highest BCUT2D eigenvalue weighted by atomic mass is 16.6. The molecule has 0 aromatic heterocycles. The third-order valence-corrected chi connectivity index (χ3v) is 4.16. The van der Waals surface area contributed by atoms with Crippen LogP contribution in [0.4, 0.5) is 4.79 Å². The van der Waals surface area contributed by atoms with Crippen molar-refractivity contribution in [2.24, 2.45) is 0 Å². The number of ether oxygens (including phenoxy) is 1. The Hall–Kier alpha value is -1.55. The van der Waals surface area contributed by atoms with E-state index in [-0.39, 0.29) is 6.09 Å². The van der Waals surface area contributed by atoms with Crippen LogP contribution in [-0.2, 0) is 11.2 Å². The van der Waals surface area contributed by atoms with E-state index in [9.17, 15) is 4.79 Å². The van der Waals surface area contributed by atoms with Gasteiger partial charge in [0.25, 0.3) is 0 Å². The molecule has 128 valence electrons. The van der Waals surface area contributed by atoms with E-state index < -0.39 is 5.60 Å². The standard InChI is InChI=1S/C19H30N2O2/c1-15-8-5-6-9-16(15)11-12-20-17-10-7-13-21(14-17)18(22)23-19(2,3)4/h5-6,8-9,17,20H,7,10-14H2,1-4H3. The van der Waals surface area contributed by atoms with Gasteiger partial charge in [0.1, 0.15) is 5.60 Å². The van der Waals surface area contributed by atoms with Crippen LogP contribution in [0.3, 0.4) is 0 Å². The fraction of sp³-hybridized carbons (Fsp3) is 0.632. The van der Waals surface area contributed by atoms with Crippen LogP contribution in [0.1, 0.15) is 44.7 Å². The molecule has 1 N–H and O–H groups in total. The van der Waals surface area contributed by atoms with E-state index in [0.29, 0.717) is 6.04 Å². The molecule has 0 radical (unpaired) electrons. The molecule has 1 fully saturated rings. The fourth-order valence-electron chi connectivity index (χ4n) is 2.94. The van der Waals surface area contributed by atoms with Gasteiger partial charge in [-0.25, -0.2) is 4.79 Å². The summed E-state index contributed by atoms with van der Waals surface area (Å²) in [4.78, 5) is 14.0. The Balaban J connectivity index is 1.78. The van der Waals surface area contributed by atoms with Crippen LogP contribution in [0.25, 0.3) is 0 Å². The van der Waals surface area contributed by atoms with Crippen molar-refractivity contribution in [3.05, 3.63) is 35.4 Å². The first kappa shape index (κ1) is 17.8. The van der Waals surface area contributed by atoms with E-state index in [1.54, 1.807) is 0 Å². The summed E-state index contributed by atoms with van der Waals surface area (Å²) in [5, 5.41) is 3.60. The van der Waals surface area contributed by atoms with Gasteiger partial charge in [0.05, 0.1) is 0 Å². The SMILES string of the molecule is Cc1ccccc1CCNC1CCCN(C(=O)OC(C)(C)C)C1. The average Bonchev–Trinajstić information content (AvgIpc) is 2.48. The monoisotopic (exact) mass is 318 g/mol. The summed E-state index contributed by atoms with van der Waals surface area (Å²) >= 11 is 0. The van der Waals surface area contributed by atoms with Gasteiger partial charge in [-0.1, -0.05) is 24.3 Å². The molecule has 1 heterocycles. The number of benzene rings is 1. The van der Waals surface area contributed by atoms with Crippen molar-refractivity contribution in [1.29, 1.82) is 0 Å². The minimum atomic E-state index is -0.428. The summed E-state index contributed by atoms with van der Waals surface area (Å²) in [7, 11) is 0. The number of rotatable bonds is 4. The number of hydrogen-bond donors (Lipinski definition) is 1. The van der Waals surface area contributed by atoms with E-state index >= 15 is 0 Å². The highest BCUT2D eigenvalue weighted by Gasteiger charge is 2.27. The smallest absolute Gasteiger partial charge is 0.410 e. The first-order chi connectivity index (χ1) is 10.8. The number of nitrogens with zero attached hydrogens (tertiary/aromatic N) is 1. The van der Waals surface area contributed by atoms with Crippen LogP contribution in [0.5, 0.6) is 0 Å². The van der Waals surface area contributed by atoms with Gasteiger partial charge in [-0.3, -0.25) is 0 Å². The highest BCUT2D eigenvalue weighted by Crippen LogP contribution is 2.15. The van der Waals surface area contributed by atoms with Crippen molar-refractivity contribution < 1.29 is 9.53 Å². The number of piperidine rings is 1. The second kappa shape index (κ2) is 7.82. The molecule has 1 unspecified atom stereocenters. The molecule has 4 heteroatoms. The molecule has 0 saturated carbocycles. The Bertz CT molecular complexity index is 522. The molecule has 0 bridgehead atoms. The molecule has 0 spiro atoms. The first-order valence-electron chi connectivity index (χ1n) is 8.61. The normalized spacial score (nSPS) is 18.8. The van der Waals surface area contributed by atoms with Crippen molar-refractivity contribution in [3.8, 4) is 0 Å². The topological polar surface area (TPSA) is 41.6 Å². The van der Waals surface area contributed by atoms with Gasteiger partial charge in [-0.15, -0.1) is 0 Å². The zero-order valence-electron chi connectivity index (χ0n) is 14.9. The second-order valence-electron chi connectivity index (χ2n) is 7.40. The van der Waals surface area contributed by atoms with E-state index in [1.807, 2.05) is 25.7 Å². The molecular weight excluding hydrogens is 288 g/mol. The summed E-state index contributed by atoms with van der Waals surface area (Å²) in [6.07, 6.45) is 2.98. The van der Waals surface area contributed by atoms with Gasteiger partial charge in [-0.2, -0.15) is 0 Å². The second-order valence-corrected chi connectivity index (χ2v) is 7.40. The van der Waals surface area contributed by atoms with Gasteiger partial charge in [-0.05, 0) is 64.6 Å². The van der Waals surface area contributed by atoms with Crippen LogP contribution in [0.15, 0.2) is 24.3 Å². The zero-order valence-corrected chi connectivity index (χ0v) is 14.9. The minimum Gasteiger partial charge on any atom is -0.444 e. The van der Waals surface area contributed by atoms with E-state index in [4.69, 9.17) is 4.74 Å². The Morgan fingerprint density at radius 2 is 2.09 bits per heavy atom. The Morgan fingerprint density at radius 3 is 2.78 bits per heavy atom. The van der Waals surface area contributed by atoms with Crippen molar-refractivity contribution in [1.82, 2.24) is 10.2 Å². The number of aryl methyl sites for hydroxylation is 1. The van der Waals surface area contributed by atoms with Crippen molar-refractivity contribution in [2.75, 3.05) is 19.6 Å². The van der Waals surface area contributed by atoms with Crippen molar-refractivity contribution in [2.45, 2.75) is 58.6 Å². The molecule has 4 nitrogen and oxygen atoms in total. The molecule has 1 aliphatic heterocycles. The maximum Gasteiger partial charge on any atom is 0.410 e. The number of amides is 1. The quantitative estimate of drug-likeness (QED) is 0.923. The third-order valence-electron chi connectivity index (χ3n) is 4.16. The molecule has 1 aromatic carbocycles. The van der Waals surface area contributed by atoms with E-state index in [2.05, 4.69) is 36.5 Å². The molecule has 1 aromatic rings. The maximum atomic E-state index is 12.2. The van der Waals surface area contributed by atoms with Gasteiger partial charge in [0.15, 0.2) is 0 Å². The van der Waals surface area contributed by atoms with Crippen LogP contribution in [0.2, 0.25) is 0 Å². The van der Waals surface area contributed by atoms with E-state index in [1.165, 1.54) is 11.1 Å². The molecular formula is C19H30N2O2. The summed E-state index contributed by atoms with van der Waals surface area (Å²) in [5.74, 6) is 0. The van der Waals surface area contributed by atoms with Crippen molar-refractivity contribution >= 4 is 6.09 Å². The maximum absolute atomic E-state index is 12.2. The molecule has 23 heavy (non-hydrogen) atoms. The minimum absolute atomic E-state index is 0.192. The third kappa shape index (κ3) is 5.87. The van der Waals surface area contributed by atoms with Crippen LogP contribution < -0.4 is 5.32 Å². The van der Waals surface area contributed by atoms with E-state index in [0.717, 1.165) is 38.9 Å². The number of likely N-dealkylation sites (tertiary alicyclic amines) is 1. The average molecular weight is 318 g/mol. The Labute approximate surface area is 140 Å². The van der Waals surface area contributed by atoms with Gasteiger partial charge >= 0.3 is 6.09 Å². The number of carbonyl (C=O) groups excluding carboxylic acids is 1. The van der Waals surface area contributed by atoms with Crippen LogP contribution in [0, 0.1) is 6.92 Å². The van der Waals surface area contributed by atoms with Crippen LogP contribution >= 0.6 is 0 Å². The molecule has 2 rings (SSSR count). The lowest BCUT2D eigenvalue weighted by molar-refractivity contribution is 0.0188. The number of carbonyl (C=O) groups is 1. The highest BCUT2D eigenvalue weighted by molar-refractivity contribution is 5.68. The fourth-order valence-corrected chi connectivity index (χ4v) is 2.94. The molecule has 1 atom stereocenters. The van der Waals surface area contributed by atoms with Gasteiger partial charge in [0, 0.05) is 19.1 Å². The predicted octanol–water partition coefficient (Wildman–Crippen LogP) is 3.53. The van der Waals surface area contributed by atoms with Gasteiger partial charge in [0.2, 0.25) is 0 Å².